The van der Waals surface area contributed by atoms with Crippen molar-refractivity contribution >= 4 is 5.91 Å². The van der Waals surface area contributed by atoms with Crippen molar-refractivity contribution < 1.29 is 9.53 Å². The molecule has 1 amide bonds. The minimum Gasteiger partial charge on any atom is -0.380 e. The molecule has 1 saturated heterocycles. The molecule has 0 spiro atoms. The van der Waals surface area contributed by atoms with Crippen LogP contribution in [0.3, 0.4) is 0 Å². The van der Waals surface area contributed by atoms with Gasteiger partial charge in [-0.3, -0.25) is 9.69 Å². The highest BCUT2D eigenvalue weighted by molar-refractivity contribution is 5.95. The van der Waals surface area contributed by atoms with E-state index in [2.05, 4.69) is 23.1 Å². The van der Waals surface area contributed by atoms with Crippen molar-refractivity contribution in [2.45, 2.75) is 19.2 Å². The Morgan fingerprint density at radius 1 is 1.15 bits per heavy atom. The highest BCUT2D eigenvalue weighted by atomic mass is 16.5. The van der Waals surface area contributed by atoms with Crippen molar-refractivity contribution in [2.75, 3.05) is 26.7 Å². The summed E-state index contributed by atoms with van der Waals surface area (Å²) in [5.74, 6) is -0.0303. The van der Waals surface area contributed by atoms with E-state index in [9.17, 15) is 10.1 Å². The Bertz CT molecular complexity index is 785. The molecule has 1 aliphatic rings. The monoisotopic (exact) mass is 349 g/mol. The van der Waals surface area contributed by atoms with Crippen molar-refractivity contribution in [1.82, 2.24) is 9.80 Å². The molecule has 5 heteroatoms. The van der Waals surface area contributed by atoms with Gasteiger partial charge >= 0.3 is 0 Å². The van der Waals surface area contributed by atoms with E-state index in [0.29, 0.717) is 31.8 Å². The van der Waals surface area contributed by atoms with Gasteiger partial charge in [0.05, 0.1) is 12.7 Å². The topological polar surface area (TPSA) is 56.6 Å². The van der Waals surface area contributed by atoms with Gasteiger partial charge in [-0.05, 0) is 17.2 Å². The average molecular weight is 349 g/mol. The van der Waals surface area contributed by atoms with Gasteiger partial charge in [0.15, 0.2) is 0 Å². The fourth-order valence-electron chi connectivity index (χ4n) is 3.32. The fourth-order valence-corrected chi connectivity index (χ4v) is 3.32. The summed E-state index contributed by atoms with van der Waals surface area (Å²) in [6, 6.07) is 19.7. The molecule has 1 aliphatic heterocycles. The van der Waals surface area contributed by atoms with Crippen LogP contribution in [0, 0.1) is 11.3 Å². The summed E-state index contributed by atoms with van der Waals surface area (Å²) in [6.45, 7) is 2.85. The van der Waals surface area contributed by atoms with E-state index in [-0.39, 0.29) is 11.9 Å². The zero-order valence-electron chi connectivity index (χ0n) is 15.0. The first kappa shape index (κ1) is 18.1. The number of methoxy groups -OCH3 is 1. The molecule has 2 aromatic carbocycles. The van der Waals surface area contributed by atoms with Crippen LogP contribution in [0.15, 0.2) is 54.6 Å². The summed E-state index contributed by atoms with van der Waals surface area (Å²) >= 11 is 0. The fraction of sp³-hybridized carbons (Fsp3) is 0.333. The van der Waals surface area contributed by atoms with Crippen molar-refractivity contribution in [1.29, 1.82) is 5.26 Å². The molecule has 1 fully saturated rings. The van der Waals surface area contributed by atoms with E-state index < -0.39 is 0 Å². The van der Waals surface area contributed by atoms with E-state index >= 15 is 0 Å². The number of carbonyl (C=O) groups is 1. The van der Waals surface area contributed by atoms with Crippen molar-refractivity contribution in [3.8, 4) is 6.07 Å². The minimum atomic E-state index is -0.303. The number of nitrogens with zero attached hydrogens (tertiary/aromatic N) is 3. The Morgan fingerprint density at radius 3 is 2.62 bits per heavy atom. The first-order valence-corrected chi connectivity index (χ1v) is 8.76. The van der Waals surface area contributed by atoms with Gasteiger partial charge in [-0.1, -0.05) is 48.5 Å². The predicted molar refractivity (Wildman–Crippen MR) is 99.3 cm³/mol. The van der Waals surface area contributed by atoms with Crippen molar-refractivity contribution in [3.63, 3.8) is 0 Å². The Hall–Kier alpha value is -2.68. The number of benzene rings is 2. The number of hydrogen-bond acceptors (Lipinski definition) is 4. The van der Waals surface area contributed by atoms with Gasteiger partial charge in [0.2, 0.25) is 0 Å². The lowest BCUT2D eigenvalue weighted by atomic mass is 10.0. The van der Waals surface area contributed by atoms with E-state index in [0.717, 1.165) is 12.1 Å². The molecule has 0 bridgehead atoms. The zero-order valence-corrected chi connectivity index (χ0v) is 15.0. The van der Waals surface area contributed by atoms with Crippen molar-refractivity contribution in [3.05, 3.63) is 71.3 Å². The molecule has 1 heterocycles. The standard InChI is InChI=1S/C21H23N3O2/c1-26-16-18-9-5-6-10-20(18)21(25)24-12-11-23(19(13-22)15-24)14-17-7-3-2-4-8-17/h2-10,19H,11-12,14-16H2,1H3/t19-/m1/s1. The highest BCUT2D eigenvalue weighted by Crippen LogP contribution is 2.18. The highest BCUT2D eigenvalue weighted by Gasteiger charge is 2.30. The number of nitriles is 1. The maximum Gasteiger partial charge on any atom is 0.254 e. The molecule has 134 valence electrons. The Balaban J connectivity index is 1.71. The van der Waals surface area contributed by atoms with Gasteiger partial charge in [-0.15, -0.1) is 0 Å². The number of amides is 1. The van der Waals surface area contributed by atoms with Crippen LogP contribution < -0.4 is 0 Å². The molecule has 1 atom stereocenters. The van der Waals surface area contributed by atoms with Crippen LogP contribution in [0.1, 0.15) is 21.5 Å². The summed E-state index contributed by atoms with van der Waals surface area (Å²) < 4.78 is 5.20. The lowest BCUT2D eigenvalue weighted by molar-refractivity contribution is 0.0548. The molecule has 0 radical (unpaired) electrons. The summed E-state index contributed by atoms with van der Waals surface area (Å²) in [7, 11) is 1.62. The maximum atomic E-state index is 13.0. The number of rotatable bonds is 5. The Kier molecular flexibility index (Phi) is 6.00. The molecule has 5 nitrogen and oxygen atoms in total. The summed E-state index contributed by atoms with van der Waals surface area (Å²) in [5, 5.41) is 9.60. The summed E-state index contributed by atoms with van der Waals surface area (Å²) in [4.78, 5) is 16.9. The van der Waals surface area contributed by atoms with Gasteiger partial charge in [0.1, 0.15) is 6.04 Å². The van der Waals surface area contributed by atoms with Crippen LogP contribution in [-0.4, -0.2) is 48.5 Å². The van der Waals surface area contributed by atoms with Gasteiger partial charge < -0.3 is 9.64 Å². The number of ether oxygens (including phenoxy) is 1. The summed E-state index contributed by atoms with van der Waals surface area (Å²) in [5.41, 5.74) is 2.71. The van der Waals surface area contributed by atoms with E-state index in [1.54, 1.807) is 12.0 Å². The van der Waals surface area contributed by atoms with Gasteiger partial charge in [0, 0.05) is 38.9 Å². The molecule has 26 heavy (non-hydrogen) atoms. The Labute approximate surface area is 154 Å². The van der Waals surface area contributed by atoms with Crippen LogP contribution >= 0.6 is 0 Å². The number of carbonyl (C=O) groups excluding carboxylic acids is 1. The predicted octanol–water partition coefficient (Wildman–Crippen LogP) is 2.68. The molecule has 0 saturated carbocycles. The smallest absolute Gasteiger partial charge is 0.254 e. The van der Waals surface area contributed by atoms with Crippen molar-refractivity contribution in [2.24, 2.45) is 0 Å². The molecule has 0 unspecified atom stereocenters. The number of hydrogen-bond donors (Lipinski definition) is 0. The second-order valence-corrected chi connectivity index (χ2v) is 6.44. The van der Waals surface area contributed by atoms with Gasteiger partial charge in [0.25, 0.3) is 5.91 Å². The van der Waals surface area contributed by atoms with Crippen LogP contribution in [-0.2, 0) is 17.9 Å². The van der Waals surface area contributed by atoms with Crippen LogP contribution in [0.5, 0.6) is 0 Å². The second-order valence-electron chi connectivity index (χ2n) is 6.44. The molecular formula is C21H23N3O2. The molecule has 0 aliphatic carbocycles. The third-order valence-electron chi connectivity index (χ3n) is 4.70. The number of piperazine rings is 1. The average Bonchev–Trinajstić information content (AvgIpc) is 2.69. The Morgan fingerprint density at radius 2 is 1.88 bits per heavy atom. The first-order valence-electron chi connectivity index (χ1n) is 8.76. The first-order chi connectivity index (χ1) is 12.7. The van der Waals surface area contributed by atoms with E-state index in [4.69, 9.17) is 4.74 Å². The van der Waals surface area contributed by atoms with E-state index in [1.165, 1.54) is 5.56 Å². The molecule has 3 rings (SSSR count). The quantitative estimate of drug-likeness (QED) is 0.833. The summed E-state index contributed by atoms with van der Waals surface area (Å²) in [6.07, 6.45) is 0. The normalized spacial score (nSPS) is 17.7. The molecular weight excluding hydrogens is 326 g/mol. The lowest BCUT2D eigenvalue weighted by Gasteiger charge is -2.38. The molecule has 2 aromatic rings. The maximum absolute atomic E-state index is 13.0. The minimum absolute atomic E-state index is 0.0303. The SMILES string of the molecule is COCc1ccccc1C(=O)N1CCN(Cc2ccccc2)[C@H](C#N)C1. The van der Waals surface area contributed by atoms with Crippen LogP contribution in [0.2, 0.25) is 0 Å². The zero-order chi connectivity index (χ0) is 18.4. The van der Waals surface area contributed by atoms with E-state index in [1.807, 2.05) is 42.5 Å². The molecule has 0 aromatic heterocycles. The van der Waals surface area contributed by atoms with Crippen LogP contribution in [0.25, 0.3) is 0 Å². The van der Waals surface area contributed by atoms with Gasteiger partial charge in [-0.25, -0.2) is 0 Å². The second kappa shape index (κ2) is 8.61. The third-order valence-corrected chi connectivity index (χ3v) is 4.70. The van der Waals surface area contributed by atoms with Crippen LogP contribution in [0.4, 0.5) is 0 Å². The van der Waals surface area contributed by atoms with Gasteiger partial charge in [-0.2, -0.15) is 5.26 Å². The largest absolute Gasteiger partial charge is 0.380 e. The molecule has 0 N–H and O–H groups in total. The lowest BCUT2D eigenvalue weighted by Crippen LogP contribution is -2.53. The third kappa shape index (κ3) is 4.10.